The van der Waals surface area contributed by atoms with E-state index in [0.717, 1.165) is 12.0 Å². The van der Waals surface area contributed by atoms with Crippen molar-refractivity contribution in [3.8, 4) is 0 Å². The maximum Gasteiger partial charge on any atom is 0.327 e. The molecule has 7 heteroatoms. The highest BCUT2D eigenvalue weighted by Gasteiger charge is 2.35. The molecular formula is C19H29NO6. The molecule has 1 N–H and O–H groups in total. The summed E-state index contributed by atoms with van der Waals surface area (Å²) in [5, 5.41) is 9.43. The average Bonchev–Trinajstić information content (AvgIpc) is 2.61. The zero-order valence-corrected chi connectivity index (χ0v) is 15.8. The molecule has 0 saturated carbocycles. The number of allylic oxidation sites excluding steroid dienone is 4. The number of ether oxygens (including phenoxy) is 1. The van der Waals surface area contributed by atoms with Crippen LogP contribution in [-0.2, 0) is 23.9 Å². The van der Waals surface area contributed by atoms with Crippen LogP contribution in [0.1, 0.15) is 58.8 Å². The Morgan fingerprint density at radius 3 is 1.77 bits per heavy atom. The fraction of sp³-hybridized carbons (Fsp3) is 0.579. The Morgan fingerprint density at radius 1 is 0.962 bits per heavy atom. The predicted octanol–water partition coefficient (Wildman–Crippen LogP) is 2.85. The maximum absolute atomic E-state index is 12.5. The van der Waals surface area contributed by atoms with Crippen molar-refractivity contribution in [1.82, 2.24) is 4.90 Å². The van der Waals surface area contributed by atoms with Crippen LogP contribution < -0.4 is 0 Å². The van der Waals surface area contributed by atoms with E-state index in [9.17, 15) is 24.3 Å². The number of amides is 2. The minimum absolute atomic E-state index is 0.0376. The van der Waals surface area contributed by atoms with Crippen molar-refractivity contribution in [3.05, 3.63) is 24.3 Å². The summed E-state index contributed by atoms with van der Waals surface area (Å²) in [6.07, 6.45) is 9.29. The number of methoxy groups -OCH3 is 1. The average molecular weight is 367 g/mol. The molecule has 0 bridgehead atoms. The van der Waals surface area contributed by atoms with Crippen molar-refractivity contribution in [1.29, 1.82) is 0 Å². The van der Waals surface area contributed by atoms with E-state index in [1.54, 1.807) is 0 Å². The van der Waals surface area contributed by atoms with Gasteiger partial charge in [0.1, 0.15) is 6.04 Å². The molecule has 0 aromatic rings. The van der Waals surface area contributed by atoms with Crippen molar-refractivity contribution in [2.45, 2.75) is 64.8 Å². The highest BCUT2D eigenvalue weighted by atomic mass is 16.5. The topological polar surface area (TPSA) is 101 Å². The summed E-state index contributed by atoms with van der Waals surface area (Å²) < 4.78 is 4.50. The number of hydrogen-bond donors (Lipinski definition) is 1. The number of nitrogens with zero attached hydrogens (tertiary/aromatic N) is 1. The molecule has 26 heavy (non-hydrogen) atoms. The van der Waals surface area contributed by atoms with Gasteiger partial charge in [-0.2, -0.15) is 0 Å². The summed E-state index contributed by atoms with van der Waals surface area (Å²) >= 11 is 0. The molecule has 1 unspecified atom stereocenters. The second-order valence-corrected chi connectivity index (χ2v) is 5.71. The van der Waals surface area contributed by atoms with Crippen LogP contribution in [0.4, 0.5) is 0 Å². The number of carboxylic acid groups (broad SMARTS) is 1. The van der Waals surface area contributed by atoms with E-state index < -0.39 is 36.2 Å². The van der Waals surface area contributed by atoms with E-state index >= 15 is 0 Å². The molecule has 2 amide bonds. The summed E-state index contributed by atoms with van der Waals surface area (Å²) in [5.74, 6) is -3.35. The highest BCUT2D eigenvalue weighted by molar-refractivity contribution is 6.00. The first-order valence-electron chi connectivity index (χ1n) is 8.75. The Balaban J connectivity index is 5.25. The second-order valence-electron chi connectivity index (χ2n) is 5.71. The Kier molecular flexibility index (Phi) is 12.5. The summed E-state index contributed by atoms with van der Waals surface area (Å²) in [6, 6.07) is -1.55. The third-order valence-electron chi connectivity index (χ3n) is 3.72. The number of carbonyl (C=O) groups excluding carboxylic acids is 3. The van der Waals surface area contributed by atoms with Crippen molar-refractivity contribution in [3.63, 3.8) is 0 Å². The standard InChI is InChI=1S/C19H29NO6/c1-4-6-8-10-12-16(21)20(17(22)13-11-9-7-5-2)15(19(24)25)14-18(23)26-3/h4-7,15H,8-14H2,1-3H3,(H,24,25)/b6-4+,7-5+. The first-order valence-corrected chi connectivity index (χ1v) is 8.75. The van der Waals surface area contributed by atoms with Gasteiger partial charge < -0.3 is 9.84 Å². The van der Waals surface area contributed by atoms with Gasteiger partial charge in [-0.05, 0) is 39.5 Å². The summed E-state index contributed by atoms with van der Waals surface area (Å²) in [4.78, 5) is 48.8. The van der Waals surface area contributed by atoms with Crippen LogP contribution in [0.15, 0.2) is 24.3 Å². The number of rotatable bonds is 12. The van der Waals surface area contributed by atoms with E-state index in [1.165, 1.54) is 0 Å². The third kappa shape index (κ3) is 9.15. The molecule has 0 aromatic heterocycles. The first-order chi connectivity index (χ1) is 12.4. The molecule has 0 saturated heterocycles. The molecule has 0 fully saturated rings. The Hall–Kier alpha value is -2.44. The van der Waals surface area contributed by atoms with Gasteiger partial charge in [-0.25, -0.2) is 4.79 Å². The van der Waals surface area contributed by atoms with Gasteiger partial charge in [0.25, 0.3) is 0 Å². The van der Waals surface area contributed by atoms with Gasteiger partial charge in [0.2, 0.25) is 11.8 Å². The molecule has 146 valence electrons. The van der Waals surface area contributed by atoms with Crippen LogP contribution in [0.5, 0.6) is 0 Å². The number of imide groups is 1. The van der Waals surface area contributed by atoms with E-state index in [0.29, 0.717) is 25.7 Å². The monoisotopic (exact) mass is 367 g/mol. The molecule has 0 aliphatic heterocycles. The van der Waals surface area contributed by atoms with Gasteiger partial charge in [0.15, 0.2) is 0 Å². The molecule has 7 nitrogen and oxygen atoms in total. The molecule has 0 rings (SSSR count). The smallest absolute Gasteiger partial charge is 0.327 e. The third-order valence-corrected chi connectivity index (χ3v) is 3.72. The molecule has 0 radical (unpaired) electrons. The van der Waals surface area contributed by atoms with E-state index in [-0.39, 0.29) is 12.8 Å². The van der Waals surface area contributed by atoms with Crippen molar-refractivity contribution >= 4 is 23.8 Å². The molecule has 1 atom stereocenters. The predicted molar refractivity (Wildman–Crippen MR) is 97.2 cm³/mol. The minimum Gasteiger partial charge on any atom is -0.480 e. The molecule has 0 heterocycles. The zero-order valence-electron chi connectivity index (χ0n) is 15.8. The lowest BCUT2D eigenvalue weighted by molar-refractivity contribution is -0.161. The second kappa shape index (κ2) is 13.8. The van der Waals surface area contributed by atoms with Gasteiger partial charge >= 0.3 is 11.9 Å². The largest absolute Gasteiger partial charge is 0.480 e. The Labute approximate surface area is 154 Å². The normalized spacial score (nSPS) is 12.3. The van der Waals surface area contributed by atoms with Crippen LogP contribution in [0.2, 0.25) is 0 Å². The van der Waals surface area contributed by atoms with Crippen LogP contribution in [-0.4, -0.2) is 46.9 Å². The van der Waals surface area contributed by atoms with Gasteiger partial charge in [0, 0.05) is 12.8 Å². The minimum atomic E-state index is -1.55. The summed E-state index contributed by atoms with van der Waals surface area (Å²) in [6.45, 7) is 3.72. The van der Waals surface area contributed by atoms with Crippen LogP contribution in [0, 0.1) is 0 Å². The number of esters is 1. The van der Waals surface area contributed by atoms with Crippen LogP contribution in [0.25, 0.3) is 0 Å². The lowest BCUT2D eigenvalue weighted by Crippen LogP contribution is -2.49. The lowest BCUT2D eigenvalue weighted by atomic mass is 10.1. The number of aliphatic carboxylic acids is 1. The van der Waals surface area contributed by atoms with Crippen LogP contribution in [0.3, 0.4) is 0 Å². The maximum atomic E-state index is 12.5. The quantitative estimate of drug-likeness (QED) is 0.323. The Morgan fingerprint density at radius 2 is 1.42 bits per heavy atom. The van der Waals surface area contributed by atoms with Crippen LogP contribution >= 0.6 is 0 Å². The van der Waals surface area contributed by atoms with E-state index in [1.807, 2.05) is 38.2 Å². The fourth-order valence-electron chi connectivity index (χ4n) is 2.33. The fourth-order valence-corrected chi connectivity index (χ4v) is 2.33. The number of unbranched alkanes of at least 4 members (excludes halogenated alkanes) is 2. The molecule has 0 aliphatic rings. The van der Waals surface area contributed by atoms with E-state index in [2.05, 4.69) is 4.74 Å². The lowest BCUT2D eigenvalue weighted by Gasteiger charge is -2.26. The number of carboxylic acids is 1. The first kappa shape index (κ1) is 23.6. The summed E-state index contributed by atoms with van der Waals surface area (Å²) in [7, 11) is 1.13. The van der Waals surface area contributed by atoms with Gasteiger partial charge in [0.05, 0.1) is 13.5 Å². The number of hydrogen-bond acceptors (Lipinski definition) is 5. The molecule has 0 aliphatic carbocycles. The van der Waals surface area contributed by atoms with Gasteiger partial charge in [-0.15, -0.1) is 0 Å². The van der Waals surface area contributed by atoms with E-state index in [4.69, 9.17) is 0 Å². The van der Waals surface area contributed by atoms with Gasteiger partial charge in [-0.3, -0.25) is 19.3 Å². The van der Waals surface area contributed by atoms with Crippen molar-refractivity contribution < 1.29 is 29.0 Å². The highest BCUT2D eigenvalue weighted by Crippen LogP contribution is 2.14. The molecule has 0 aromatic carbocycles. The molecule has 0 spiro atoms. The SMILES string of the molecule is C/C=C/CCCC(=O)N(C(=O)CCC/C=C/C)C(CC(=O)OC)C(=O)O. The zero-order chi connectivity index (χ0) is 19.9. The van der Waals surface area contributed by atoms with Crippen molar-refractivity contribution in [2.24, 2.45) is 0 Å². The van der Waals surface area contributed by atoms with Gasteiger partial charge in [-0.1, -0.05) is 24.3 Å². The summed E-state index contributed by atoms with van der Waals surface area (Å²) in [5.41, 5.74) is 0. The number of carbonyl (C=O) groups is 4. The Bertz CT molecular complexity index is 508. The van der Waals surface area contributed by atoms with Crippen molar-refractivity contribution in [2.75, 3.05) is 7.11 Å². The molecular weight excluding hydrogens is 338 g/mol.